The Balaban J connectivity index is 1.85. The quantitative estimate of drug-likeness (QED) is 0.735. The zero-order valence-corrected chi connectivity index (χ0v) is 10.9. The molecule has 2 aliphatic rings. The summed E-state index contributed by atoms with van der Waals surface area (Å²) in [5.74, 6) is 1.33. The lowest BCUT2D eigenvalue weighted by Crippen LogP contribution is -2.07. The van der Waals surface area contributed by atoms with E-state index in [4.69, 9.17) is 0 Å². The van der Waals surface area contributed by atoms with Gasteiger partial charge in [-0.1, -0.05) is 6.08 Å². The normalized spacial score (nSPS) is 23.1. The van der Waals surface area contributed by atoms with Gasteiger partial charge in [-0.25, -0.2) is 4.39 Å². The summed E-state index contributed by atoms with van der Waals surface area (Å²) in [6.45, 7) is 3.76. The summed E-state index contributed by atoms with van der Waals surface area (Å²) in [7, 11) is 0. The predicted octanol–water partition coefficient (Wildman–Crippen LogP) is 4.28. The molecule has 0 radical (unpaired) electrons. The second kappa shape index (κ2) is 4.34. The number of aliphatic imine (C=N–C) groups is 1. The number of nitrogens with zero attached hydrogens (tertiary/aromatic N) is 1. The molecule has 1 aliphatic heterocycles. The molecule has 0 amide bonds. The van der Waals surface area contributed by atoms with Crippen molar-refractivity contribution >= 4 is 11.9 Å². The fourth-order valence-corrected chi connectivity index (χ4v) is 2.53. The third-order valence-corrected chi connectivity index (χ3v) is 4.12. The van der Waals surface area contributed by atoms with Gasteiger partial charge in [-0.05, 0) is 62.3 Å². The molecule has 0 spiro atoms. The zero-order chi connectivity index (χ0) is 12.7. The molecule has 1 fully saturated rings. The Kier molecular flexibility index (Phi) is 2.81. The van der Waals surface area contributed by atoms with Crippen molar-refractivity contribution in [3.05, 3.63) is 40.7 Å². The summed E-state index contributed by atoms with van der Waals surface area (Å²) in [4.78, 5) is 4.52. The molecule has 94 valence electrons. The standard InChI is InChI=1S/C16H18FN/c1-10-7-14(8-15(17)11(10)2)16-6-5-13(9-18-16)12-3-4-12/h6-9,12-13H,3-5H2,1-2H3. The maximum Gasteiger partial charge on any atom is 0.127 e. The van der Waals surface area contributed by atoms with Crippen molar-refractivity contribution in [2.45, 2.75) is 33.1 Å². The summed E-state index contributed by atoms with van der Waals surface area (Å²) in [5, 5.41) is 0. The van der Waals surface area contributed by atoms with Crippen LogP contribution >= 0.6 is 0 Å². The second-order valence-corrected chi connectivity index (χ2v) is 5.50. The van der Waals surface area contributed by atoms with E-state index in [0.29, 0.717) is 5.92 Å². The van der Waals surface area contributed by atoms with Crippen LogP contribution in [-0.2, 0) is 0 Å². The Labute approximate surface area is 107 Å². The van der Waals surface area contributed by atoms with Crippen LogP contribution < -0.4 is 0 Å². The van der Waals surface area contributed by atoms with Crippen molar-refractivity contribution in [2.75, 3.05) is 0 Å². The number of allylic oxidation sites excluding steroid dienone is 1. The van der Waals surface area contributed by atoms with E-state index in [-0.39, 0.29) is 5.82 Å². The van der Waals surface area contributed by atoms with Gasteiger partial charge in [0, 0.05) is 17.7 Å². The van der Waals surface area contributed by atoms with Crippen LogP contribution in [0.4, 0.5) is 4.39 Å². The number of hydrogen-bond acceptors (Lipinski definition) is 1. The minimum atomic E-state index is -0.134. The van der Waals surface area contributed by atoms with Gasteiger partial charge >= 0.3 is 0 Å². The molecule has 1 heterocycles. The molecule has 3 rings (SSSR count). The first-order valence-electron chi connectivity index (χ1n) is 6.66. The Bertz CT molecular complexity index is 515. The van der Waals surface area contributed by atoms with Gasteiger partial charge in [0.2, 0.25) is 0 Å². The summed E-state index contributed by atoms with van der Waals surface area (Å²) in [5.41, 5.74) is 3.55. The lowest BCUT2D eigenvalue weighted by Gasteiger charge is -2.15. The van der Waals surface area contributed by atoms with E-state index in [0.717, 1.165) is 34.7 Å². The average Bonchev–Trinajstić information content (AvgIpc) is 3.20. The fourth-order valence-electron chi connectivity index (χ4n) is 2.53. The first-order valence-corrected chi connectivity index (χ1v) is 6.66. The maximum atomic E-state index is 13.7. The van der Waals surface area contributed by atoms with Crippen LogP contribution in [0.5, 0.6) is 0 Å². The smallest absolute Gasteiger partial charge is 0.127 e. The van der Waals surface area contributed by atoms with Crippen LogP contribution in [0.3, 0.4) is 0 Å². The van der Waals surface area contributed by atoms with Crippen molar-refractivity contribution in [2.24, 2.45) is 16.8 Å². The second-order valence-electron chi connectivity index (χ2n) is 5.50. The molecule has 2 heteroatoms. The highest BCUT2D eigenvalue weighted by molar-refractivity contribution is 5.78. The van der Waals surface area contributed by atoms with Crippen LogP contribution in [0.15, 0.2) is 23.2 Å². The van der Waals surface area contributed by atoms with E-state index in [1.807, 2.05) is 19.9 Å². The van der Waals surface area contributed by atoms with E-state index < -0.39 is 0 Å². The number of benzene rings is 1. The van der Waals surface area contributed by atoms with Crippen LogP contribution in [0, 0.1) is 31.5 Å². The van der Waals surface area contributed by atoms with E-state index in [9.17, 15) is 4.39 Å². The summed E-state index contributed by atoms with van der Waals surface area (Å²) in [6.07, 6.45) is 7.97. The lowest BCUT2D eigenvalue weighted by molar-refractivity contribution is 0.614. The highest BCUT2D eigenvalue weighted by Gasteiger charge is 2.30. The van der Waals surface area contributed by atoms with Crippen molar-refractivity contribution in [1.29, 1.82) is 0 Å². The predicted molar refractivity (Wildman–Crippen MR) is 73.2 cm³/mol. The van der Waals surface area contributed by atoms with Gasteiger partial charge in [-0.3, -0.25) is 4.99 Å². The molecule has 1 aliphatic carbocycles. The Morgan fingerprint density at radius 1 is 1.22 bits per heavy atom. The average molecular weight is 243 g/mol. The van der Waals surface area contributed by atoms with Crippen LogP contribution in [0.25, 0.3) is 5.70 Å². The van der Waals surface area contributed by atoms with Gasteiger partial charge in [0.1, 0.15) is 5.82 Å². The van der Waals surface area contributed by atoms with Gasteiger partial charge in [-0.15, -0.1) is 0 Å². The van der Waals surface area contributed by atoms with Gasteiger partial charge in [0.05, 0.1) is 5.70 Å². The molecule has 0 N–H and O–H groups in total. The highest BCUT2D eigenvalue weighted by atomic mass is 19.1. The van der Waals surface area contributed by atoms with Gasteiger partial charge in [0.25, 0.3) is 0 Å². The van der Waals surface area contributed by atoms with Crippen molar-refractivity contribution in [3.8, 4) is 0 Å². The third-order valence-electron chi connectivity index (χ3n) is 4.12. The van der Waals surface area contributed by atoms with Gasteiger partial charge in [0.15, 0.2) is 0 Å². The molecule has 0 saturated heterocycles. The first kappa shape index (κ1) is 11.6. The molecule has 0 bridgehead atoms. The van der Waals surface area contributed by atoms with E-state index in [1.165, 1.54) is 12.8 Å². The van der Waals surface area contributed by atoms with E-state index in [2.05, 4.69) is 17.3 Å². The van der Waals surface area contributed by atoms with E-state index in [1.54, 1.807) is 6.07 Å². The molecule has 1 saturated carbocycles. The van der Waals surface area contributed by atoms with Gasteiger partial charge in [-0.2, -0.15) is 0 Å². The molecule has 1 atom stereocenters. The molecule has 1 aromatic rings. The number of aryl methyl sites for hydroxylation is 1. The monoisotopic (exact) mass is 243 g/mol. The maximum absolute atomic E-state index is 13.7. The SMILES string of the molecule is Cc1cc(C2=CCC(C3CC3)C=N2)cc(F)c1C. The van der Waals surface area contributed by atoms with Crippen molar-refractivity contribution in [1.82, 2.24) is 0 Å². The van der Waals surface area contributed by atoms with Crippen LogP contribution in [-0.4, -0.2) is 6.21 Å². The fraction of sp³-hybridized carbons (Fsp3) is 0.438. The molecule has 1 unspecified atom stereocenters. The Hall–Kier alpha value is -1.44. The summed E-state index contributed by atoms with van der Waals surface area (Å²) >= 11 is 0. The number of hydrogen-bond donors (Lipinski definition) is 0. The summed E-state index contributed by atoms with van der Waals surface area (Å²) < 4.78 is 13.7. The third kappa shape index (κ3) is 2.12. The van der Waals surface area contributed by atoms with Crippen LogP contribution in [0.2, 0.25) is 0 Å². The number of halogens is 1. The van der Waals surface area contributed by atoms with Crippen molar-refractivity contribution < 1.29 is 4.39 Å². The largest absolute Gasteiger partial charge is 0.261 e. The zero-order valence-electron chi connectivity index (χ0n) is 10.9. The number of rotatable bonds is 2. The van der Waals surface area contributed by atoms with Crippen LogP contribution in [0.1, 0.15) is 36.0 Å². The minimum absolute atomic E-state index is 0.134. The molecule has 0 aromatic heterocycles. The molecular formula is C16H18FN. The molecule has 18 heavy (non-hydrogen) atoms. The highest BCUT2D eigenvalue weighted by Crippen LogP contribution is 2.40. The van der Waals surface area contributed by atoms with E-state index >= 15 is 0 Å². The summed E-state index contributed by atoms with van der Waals surface area (Å²) in [6, 6.07) is 3.63. The minimum Gasteiger partial charge on any atom is -0.261 e. The molecule has 1 aromatic carbocycles. The topological polar surface area (TPSA) is 12.4 Å². The Morgan fingerprint density at radius 2 is 2.00 bits per heavy atom. The molecular weight excluding hydrogens is 225 g/mol. The Morgan fingerprint density at radius 3 is 2.56 bits per heavy atom. The molecule has 1 nitrogen and oxygen atoms in total. The van der Waals surface area contributed by atoms with Crippen molar-refractivity contribution in [3.63, 3.8) is 0 Å². The first-order chi connectivity index (χ1) is 8.65. The van der Waals surface area contributed by atoms with Gasteiger partial charge < -0.3 is 0 Å². The lowest BCUT2D eigenvalue weighted by atomic mass is 9.96.